The van der Waals surface area contributed by atoms with Gasteiger partial charge in [-0.1, -0.05) is 19.3 Å². The molecule has 0 spiro atoms. The molecule has 2 heterocycles. The van der Waals surface area contributed by atoms with Crippen LogP contribution in [0.15, 0.2) is 6.07 Å². The Bertz CT molecular complexity index is 417. The van der Waals surface area contributed by atoms with Crippen molar-refractivity contribution in [3.63, 3.8) is 0 Å². The second-order valence-corrected chi connectivity index (χ2v) is 6.28. The molecule has 1 atom stereocenters. The monoisotopic (exact) mass is 259 g/mol. The van der Waals surface area contributed by atoms with Crippen LogP contribution in [0.1, 0.15) is 61.7 Å². The number of rotatable bonds is 2. The van der Waals surface area contributed by atoms with Gasteiger partial charge in [-0.25, -0.2) is 9.97 Å². The summed E-state index contributed by atoms with van der Waals surface area (Å²) in [5, 5.41) is 0. The lowest BCUT2D eigenvalue weighted by atomic mass is 9.94. The van der Waals surface area contributed by atoms with Crippen molar-refractivity contribution in [2.75, 3.05) is 13.1 Å². The van der Waals surface area contributed by atoms with Gasteiger partial charge in [0, 0.05) is 29.9 Å². The summed E-state index contributed by atoms with van der Waals surface area (Å²) in [5.41, 5.74) is 2.22. The summed E-state index contributed by atoms with van der Waals surface area (Å²) in [6, 6.07) is 2.90. The van der Waals surface area contributed by atoms with Crippen LogP contribution in [0.4, 0.5) is 0 Å². The quantitative estimate of drug-likeness (QED) is 0.816. The van der Waals surface area contributed by atoms with Crippen LogP contribution in [0.3, 0.4) is 0 Å². The van der Waals surface area contributed by atoms with Gasteiger partial charge in [0.1, 0.15) is 5.82 Å². The molecule has 0 amide bonds. The first-order valence-corrected chi connectivity index (χ1v) is 7.78. The van der Waals surface area contributed by atoms with E-state index in [1.807, 2.05) is 0 Å². The highest BCUT2D eigenvalue weighted by atomic mass is 15.2. The lowest BCUT2D eigenvalue weighted by molar-refractivity contribution is 0.189. The number of hydrogen-bond donors (Lipinski definition) is 0. The Kier molecular flexibility index (Phi) is 3.83. The van der Waals surface area contributed by atoms with Crippen LogP contribution in [0, 0.1) is 13.8 Å². The molecule has 1 aliphatic carbocycles. The fourth-order valence-electron chi connectivity index (χ4n) is 3.71. The van der Waals surface area contributed by atoms with Crippen LogP contribution in [0.5, 0.6) is 0 Å². The SMILES string of the molecule is Cc1cc(C)nc([C@@H]2CCN(C3CCCCC3)C2)n1. The van der Waals surface area contributed by atoms with Crippen LogP contribution in [-0.2, 0) is 0 Å². The highest BCUT2D eigenvalue weighted by Gasteiger charge is 2.31. The third kappa shape index (κ3) is 2.97. The molecule has 1 saturated carbocycles. The average Bonchev–Trinajstić information content (AvgIpc) is 2.88. The Morgan fingerprint density at radius 1 is 1.00 bits per heavy atom. The maximum Gasteiger partial charge on any atom is 0.133 e. The molecule has 3 heteroatoms. The third-order valence-electron chi connectivity index (χ3n) is 4.68. The van der Waals surface area contributed by atoms with Crippen LogP contribution >= 0.6 is 0 Å². The molecule has 2 fully saturated rings. The van der Waals surface area contributed by atoms with Gasteiger partial charge in [-0.05, 0) is 45.7 Å². The van der Waals surface area contributed by atoms with Crippen LogP contribution in [0.2, 0.25) is 0 Å². The fourth-order valence-corrected chi connectivity index (χ4v) is 3.71. The Morgan fingerprint density at radius 3 is 2.37 bits per heavy atom. The summed E-state index contributed by atoms with van der Waals surface area (Å²) >= 11 is 0. The second-order valence-electron chi connectivity index (χ2n) is 6.28. The van der Waals surface area contributed by atoms with E-state index < -0.39 is 0 Å². The maximum absolute atomic E-state index is 4.66. The van der Waals surface area contributed by atoms with Gasteiger partial charge in [-0.3, -0.25) is 4.90 Å². The standard InChI is InChI=1S/C16H25N3/c1-12-10-13(2)18-16(17-12)14-8-9-19(11-14)15-6-4-3-5-7-15/h10,14-15H,3-9,11H2,1-2H3/t14-/m1/s1. The molecule has 0 aromatic carbocycles. The fraction of sp³-hybridized carbons (Fsp3) is 0.750. The summed E-state index contributed by atoms with van der Waals surface area (Å²) in [6.45, 7) is 6.57. The Hall–Kier alpha value is -0.960. The van der Waals surface area contributed by atoms with Crippen molar-refractivity contribution in [1.82, 2.24) is 14.9 Å². The lowest BCUT2D eigenvalue weighted by Gasteiger charge is -2.30. The number of hydrogen-bond acceptors (Lipinski definition) is 3. The minimum Gasteiger partial charge on any atom is -0.300 e. The van der Waals surface area contributed by atoms with E-state index in [2.05, 4.69) is 34.8 Å². The van der Waals surface area contributed by atoms with Crippen molar-refractivity contribution in [2.45, 2.75) is 64.3 Å². The molecule has 19 heavy (non-hydrogen) atoms. The molecular formula is C16H25N3. The van der Waals surface area contributed by atoms with E-state index in [9.17, 15) is 0 Å². The molecule has 2 aliphatic rings. The molecule has 104 valence electrons. The minimum absolute atomic E-state index is 0.556. The van der Waals surface area contributed by atoms with E-state index in [-0.39, 0.29) is 0 Å². The van der Waals surface area contributed by atoms with Crippen molar-refractivity contribution in [1.29, 1.82) is 0 Å². The molecule has 3 rings (SSSR count). The minimum atomic E-state index is 0.556. The molecule has 0 N–H and O–H groups in total. The summed E-state index contributed by atoms with van der Waals surface area (Å²) in [5.74, 6) is 1.64. The predicted molar refractivity (Wildman–Crippen MR) is 77.3 cm³/mol. The second kappa shape index (κ2) is 5.58. The van der Waals surface area contributed by atoms with Crippen molar-refractivity contribution < 1.29 is 0 Å². The van der Waals surface area contributed by atoms with E-state index in [0.717, 1.165) is 23.3 Å². The van der Waals surface area contributed by atoms with Gasteiger partial charge in [-0.15, -0.1) is 0 Å². The molecular weight excluding hydrogens is 234 g/mol. The average molecular weight is 259 g/mol. The van der Waals surface area contributed by atoms with Crippen LogP contribution in [0.25, 0.3) is 0 Å². The Morgan fingerprint density at radius 2 is 1.68 bits per heavy atom. The highest BCUT2D eigenvalue weighted by molar-refractivity contribution is 5.12. The van der Waals surface area contributed by atoms with Crippen molar-refractivity contribution in [3.05, 3.63) is 23.3 Å². The van der Waals surface area contributed by atoms with Crippen LogP contribution < -0.4 is 0 Å². The van der Waals surface area contributed by atoms with Gasteiger partial charge in [0.15, 0.2) is 0 Å². The van der Waals surface area contributed by atoms with E-state index in [1.54, 1.807) is 0 Å². The largest absolute Gasteiger partial charge is 0.300 e. The van der Waals surface area contributed by atoms with E-state index in [1.165, 1.54) is 51.6 Å². The predicted octanol–water partition coefficient (Wildman–Crippen LogP) is 3.22. The van der Waals surface area contributed by atoms with Crippen molar-refractivity contribution in [3.8, 4) is 0 Å². The molecule has 1 aliphatic heterocycles. The Labute approximate surface area is 116 Å². The highest BCUT2D eigenvalue weighted by Crippen LogP contribution is 2.31. The molecule has 0 unspecified atom stereocenters. The first kappa shape index (κ1) is 13.0. The van der Waals surface area contributed by atoms with Gasteiger partial charge in [0.25, 0.3) is 0 Å². The summed E-state index contributed by atoms with van der Waals surface area (Å²) < 4.78 is 0. The summed E-state index contributed by atoms with van der Waals surface area (Å²) in [4.78, 5) is 12.0. The lowest BCUT2D eigenvalue weighted by Crippen LogP contribution is -2.34. The normalized spacial score (nSPS) is 25.9. The van der Waals surface area contributed by atoms with E-state index in [0.29, 0.717) is 5.92 Å². The molecule has 1 saturated heterocycles. The van der Waals surface area contributed by atoms with Crippen molar-refractivity contribution in [2.24, 2.45) is 0 Å². The molecule has 1 aromatic rings. The van der Waals surface area contributed by atoms with Gasteiger partial charge < -0.3 is 0 Å². The smallest absolute Gasteiger partial charge is 0.133 e. The topological polar surface area (TPSA) is 29.0 Å². The first-order valence-electron chi connectivity index (χ1n) is 7.78. The zero-order valence-electron chi connectivity index (χ0n) is 12.2. The van der Waals surface area contributed by atoms with E-state index in [4.69, 9.17) is 0 Å². The maximum atomic E-state index is 4.66. The van der Waals surface area contributed by atoms with Gasteiger partial charge in [-0.2, -0.15) is 0 Å². The first-order chi connectivity index (χ1) is 9.22. The molecule has 0 bridgehead atoms. The van der Waals surface area contributed by atoms with Gasteiger partial charge in [0.2, 0.25) is 0 Å². The van der Waals surface area contributed by atoms with Gasteiger partial charge in [0.05, 0.1) is 0 Å². The van der Waals surface area contributed by atoms with Crippen molar-refractivity contribution >= 4 is 0 Å². The zero-order chi connectivity index (χ0) is 13.2. The number of nitrogens with zero attached hydrogens (tertiary/aromatic N) is 3. The van der Waals surface area contributed by atoms with Gasteiger partial charge >= 0.3 is 0 Å². The Balaban J connectivity index is 1.67. The number of likely N-dealkylation sites (tertiary alicyclic amines) is 1. The third-order valence-corrected chi connectivity index (χ3v) is 4.68. The number of aromatic nitrogens is 2. The zero-order valence-corrected chi connectivity index (χ0v) is 12.2. The molecule has 1 aromatic heterocycles. The summed E-state index contributed by atoms with van der Waals surface area (Å²) in [7, 11) is 0. The summed E-state index contributed by atoms with van der Waals surface area (Å²) in [6.07, 6.45) is 8.33. The van der Waals surface area contributed by atoms with Crippen LogP contribution in [-0.4, -0.2) is 34.0 Å². The van der Waals surface area contributed by atoms with E-state index >= 15 is 0 Å². The number of aryl methyl sites for hydroxylation is 2. The molecule has 0 radical (unpaired) electrons. The molecule has 3 nitrogen and oxygen atoms in total.